The zero-order valence-corrected chi connectivity index (χ0v) is 17.5. The first kappa shape index (κ1) is 20.4. The number of benzene rings is 2. The number of carbonyl (C=O) groups excluding carboxylic acids is 1. The van der Waals surface area contributed by atoms with Crippen LogP contribution in [0.15, 0.2) is 48.5 Å². The summed E-state index contributed by atoms with van der Waals surface area (Å²) in [6.07, 6.45) is 0. The van der Waals surface area contributed by atoms with E-state index < -0.39 is 11.9 Å². The lowest BCUT2D eigenvalue weighted by Gasteiger charge is -2.37. The van der Waals surface area contributed by atoms with Crippen LogP contribution in [0.5, 0.6) is 5.75 Å². The minimum atomic E-state index is -1.13. The van der Waals surface area contributed by atoms with E-state index in [1.54, 1.807) is 7.11 Å². The molecule has 31 heavy (non-hydrogen) atoms. The molecule has 2 heterocycles. The average Bonchev–Trinajstić information content (AvgIpc) is 2.84. The fraction of sp³-hybridized carbons (Fsp3) is 0.304. The Kier molecular flexibility index (Phi) is 5.85. The molecule has 1 aromatic heterocycles. The summed E-state index contributed by atoms with van der Waals surface area (Å²) in [6.45, 7) is 2.81. The topological polar surface area (TPSA) is 91.6 Å². The van der Waals surface area contributed by atoms with E-state index in [4.69, 9.17) is 14.5 Å². The second kappa shape index (κ2) is 8.88. The van der Waals surface area contributed by atoms with Gasteiger partial charge in [0, 0.05) is 26.2 Å². The van der Waals surface area contributed by atoms with Crippen molar-refractivity contribution in [1.82, 2.24) is 9.97 Å². The smallest absolute Gasteiger partial charge is 0.329 e. The zero-order valence-electron chi connectivity index (χ0n) is 17.5. The van der Waals surface area contributed by atoms with Crippen molar-refractivity contribution in [1.29, 1.82) is 5.26 Å². The number of hydrogen-bond donors (Lipinski definition) is 0. The molecular formula is C23H23N5O3. The number of nitrogens with zero attached hydrogens (tertiary/aromatic N) is 5. The van der Waals surface area contributed by atoms with Gasteiger partial charge in [-0.1, -0.05) is 24.3 Å². The lowest BCUT2D eigenvalue weighted by atomic mass is 10.1. The van der Waals surface area contributed by atoms with Crippen LogP contribution in [0.4, 0.5) is 11.5 Å². The predicted octanol–water partition coefficient (Wildman–Crippen LogP) is 2.75. The van der Waals surface area contributed by atoms with Gasteiger partial charge in [-0.15, -0.1) is 0 Å². The minimum absolute atomic E-state index is 0.332. The Balaban J connectivity index is 1.67. The van der Waals surface area contributed by atoms with Gasteiger partial charge in [0.1, 0.15) is 11.4 Å². The molecule has 1 saturated heterocycles. The molecule has 0 bridgehead atoms. The molecule has 1 aliphatic rings. The van der Waals surface area contributed by atoms with E-state index in [1.165, 1.54) is 7.11 Å². The number of esters is 1. The molecule has 1 aliphatic heterocycles. The summed E-state index contributed by atoms with van der Waals surface area (Å²) in [4.78, 5) is 26.0. The third kappa shape index (κ3) is 3.94. The Morgan fingerprint density at radius 2 is 1.58 bits per heavy atom. The number of aromatic nitrogens is 2. The summed E-state index contributed by atoms with van der Waals surface area (Å²) in [5, 5.41) is 9.67. The van der Waals surface area contributed by atoms with Gasteiger partial charge in [0.05, 0.1) is 37.0 Å². The highest BCUT2D eigenvalue weighted by Crippen LogP contribution is 2.31. The molecule has 2 aromatic carbocycles. The molecule has 0 unspecified atom stereocenters. The summed E-state index contributed by atoms with van der Waals surface area (Å²) in [7, 11) is 2.94. The molecule has 4 rings (SSSR count). The lowest BCUT2D eigenvalue weighted by molar-refractivity contribution is -0.141. The molecular weight excluding hydrogens is 394 g/mol. The molecule has 0 N–H and O–H groups in total. The van der Waals surface area contributed by atoms with Crippen LogP contribution >= 0.6 is 0 Å². The second-order valence-corrected chi connectivity index (χ2v) is 7.15. The summed E-state index contributed by atoms with van der Waals surface area (Å²) < 4.78 is 10.3. The standard InChI is InChI=1S/C23H23N5O3/c1-30-20-10-6-5-9-19(20)27-11-13-28(14-12-27)22-21(16(15-24)23(29)31-2)25-17-7-3-4-8-18(17)26-22/h3-10,16H,11-14H2,1-2H3/t16-/m1/s1. The minimum Gasteiger partial charge on any atom is -0.495 e. The highest BCUT2D eigenvalue weighted by molar-refractivity contribution is 5.85. The van der Waals surface area contributed by atoms with Gasteiger partial charge >= 0.3 is 5.97 Å². The fourth-order valence-corrected chi connectivity index (χ4v) is 3.82. The van der Waals surface area contributed by atoms with Crippen molar-refractivity contribution in [2.75, 3.05) is 50.2 Å². The van der Waals surface area contributed by atoms with Gasteiger partial charge < -0.3 is 19.3 Å². The van der Waals surface area contributed by atoms with Gasteiger partial charge in [-0.3, -0.25) is 4.79 Å². The highest BCUT2D eigenvalue weighted by atomic mass is 16.5. The third-order valence-corrected chi connectivity index (χ3v) is 5.42. The highest BCUT2D eigenvalue weighted by Gasteiger charge is 2.31. The summed E-state index contributed by atoms with van der Waals surface area (Å²) in [5.41, 5.74) is 2.73. The molecule has 0 spiro atoms. The monoisotopic (exact) mass is 417 g/mol. The van der Waals surface area contributed by atoms with Crippen LogP contribution in [0.1, 0.15) is 11.6 Å². The SMILES string of the molecule is COC(=O)[C@H](C#N)c1nc2ccccc2nc1N1CCN(c2ccccc2OC)CC1. The number of piperazine rings is 1. The number of hydrogen-bond acceptors (Lipinski definition) is 8. The molecule has 8 nitrogen and oxygen atoms in total. The van der Waals surface area contributed by atoms with Crippen LogP contribution in [-0.2, 0) is 9.53 Å². The van der Waals surface area contributed by atoms with Crippen LogP contribution in [0.25, 0.3) is 11.0 Å². The molecule has 0 radical (unpaired) electrons. The number of fused-ring (bicyclic) bond motifs is 1. The summed E-state index contributed by atoms with van der Waals surface area (Å²) in [6, 6.07) is 17.4. The first-order valence-electron chi connectivity index (χ1n) is 10.0. The van der Waals surface area contributed by atoms with E-state index in [-0.39, 0.29) is 0 Å². The van der Waals surface area contributed by atoms with Crippen LogP contribution in [-0.4, -0.2) is 56.3 Å². The van der Waals surface area contributed by atoms with Gasteiger partial charge in [-0.25, -0.2) is 9.97 Å². The average molecular weight is 417 g/mol. The van der Waals surface area contributed by atoms with Gasteiger partial charge in [0.25, 0.3) is 0 Å². The number of rotatable bonds is 5. The lowest BCUT2D eigenvalue weighted by Crippen LogP contribution is -2.47. The third-order valence-electron chi connectivity index (χ3n) is 5.42. The normalized spacial score (nSPS) is 14.7. The summed E-state index contributed by atoms with van der Waals surface area (Å²) in [5.74, 6) is -0.391. The fourth-order valence-electron chi connectivity index (χ4n) is 3.82. The van der Waals surface area contributed by atoms with Crippen molar-refractivity contribution < 1.29 is 14.3 Å². The molecule has 158 valence electrons. The zero-order chi connectivity index (χ0) is 21.8. The Morgan fingerprint density at radius 3 is 2.23 bits per heavy atom. The largest absolute Gasteiger partial charge is 0.495 e. The van der Waals surface area contributed by atoms with Crippen LogP contribution < -0.4 is 14.5 Å². The van der Waals surface area contributed by atoms with Gasteiger partial charge in [-0.05, 0) is 24.3 Å². The number of methoxy groups -OCH3 is 2. The van der Waals surface area contributed by atoms with Crippen molar-refractivity contribution >= 4 is 28.5 Å². The van der Waals surface area contributed by atoms with Crippen LogP contribution in [0.3, 0.4) is 0 Å². The number of anilines is 2. The molecule has 0 amide bonds. The summed E-state index contributed by atoms with van der Waals surface area (Å²) >= 11 is 0. The molecule has 1 fully saturated rings. The van der Waals surface area contributed by atoms with Crippen molar-refractivity contribution in [2.45, 2.75) is 5.92 Å². The molecule has 0 aliphatic carbocycles. The molecule has 0 saturated carbocycles. The number of ether oxygens (including phenoxy) is 2. The van der Waals surface area contributed by atoms with E-state index in [2.05, 4.69) is 14.8 Å². The molecule has 3 aromatic rings. The van der Waals surface area contributed by atoms with Crippen LogP contribution in [0, 0.1) is 11.3 Å². The Labute approximate surface area is 180 Å². The van der Waals surface area contributed by atoms with E-state index in [0.29, 0.717) is 30.1 Å². The van der Waals surface area contributed by atoms with Gasteiger partial charge in [-0.2, -0.15) is 5.26 Å². The quantitative estimate of drug-likeness (QED) is 0.585. The van der Waals surface area contributed by atoms with E-state index in [9.17, 15) is 10.1 Å². The number of carbonyl (C=O) groups is 1. The van der Waals surface area contributed by atoms with E-state index in [1.807, 2.05) is 54.6 Å². The maximum atomic E-state index is 12.3. The van der Waals surface area contributed by atoms with Crippen molar-refractivity contribution in [3.8, 4) is 11.8 Å². The Morgan fingerprint density at radius 1 is 0.968 bits per heavy atom. The Bertz CT molecular complexity index is 1140. The molecule has 8 heteroatoms. The number of para-hydroxylation sites is 4. The maximum Gasteiger partial charge on any atom is 0.329 e. The van der Waals surface area contributed by atoms with Crippen molar-refractivity contribution in [3.05, 3.63) is 54.2 Å². The molecule has 1 atom stereocenters. The predicted molar refractivity (Wildman–Crippen MR) is 117 cm³/mol. The second-order valence-electron chi connectivity index (χ2n) is 7.15. The van der Waals surface area contributed by atoms with E-state index in [0.717, 1.165) is 30.0 Å². The van der Waals surface area contributed by atoms with Crippen molar-refractivity contribution in [2.24, 2.45) is 0 Å². The van der Waals surface area contributed by atoms with Crippen LogP contribution in [0.2, 0.25) is 0 Å². The Hall–Kier alpha value is -3.86. The maximum absolute atomic E-state index is 12.3. The van der Waals surface area contributed by atoms with Gasteiger partial charge in [0.2, 0.25) is 0 Å². The first-order chi connectivity index (χ1) is 15.2. The van der Waals surface area contributed by atoms with Gasteiger partial charge in [0.15, 0.2) is 11.7 Å². The first-order valence-corrected chi connectivity index (χ1v) is 10.0. The van der Waals surface area contributed by atoms with Crippen molar-refractivity contribution in [3.63, 3.8) is 0 Å². The van der Waals surface area contributed by atoms with E-state index >= 15 is 0 Å². The number of nitriles is 1.